The molecule has 174 valence electrons. The number of halogens is 1. The van der Waals surface area contributed by atoms with E-state index in [2.05, 4.69) is 20.4 Å². The predicted octanol–water partition coefficient (Wildman–Crippen LogP) is 4.51. The van der Waals surface area contributed by atoms with Crippen LogP contribution in [0.1, 0.15) is 0 Å². The van der Waals surface area contributed by atoms with Crippen LogP contribution in [0.4, 0.5) is 10.2 Å². The van der Waals surface area contributed by atoms with Crippen molar-refractivity contribution < 1.29 is 13.9 Å². The van der Waals surface area contributed by atoms with E-state index in [0.717, 1.165) is 10.4 Å². The standard InChI is InChI=1S/C25H18FN5O3S/c26-17-8-10-18(11-9-17)34-15-24(33)28-22-13-20(21-7-4-12-35-21)30-31(22)25-27-19(14-23(32)29-25)16-5-2-1-3-6-16/h1-14H,15H2,(H,28,33)(H,27,29,32). The fraction of sp³-hybridized carbons (Fsp3) is 0.0400. The number of aromatic nitrogens is 4. The molecule has 0 atom stereocenters. The summed E-state index contributed by atoms with van der Waals surface area (Å²) in [5.41, 5.74) is 1.47. The third kappa shape index (κ3) is 5.17. The number of carbonyl (C=O) groups excluding carboxylic acids is 1. The molecule has 5 rings (SSSR count). The van der Waals surface area contributed by atoms with Gasteiger partial charge < -0.3 is 10.1 Å². The summed E-state index contributed by atoms with van der Waals surface area (Å²) in [4.78, 5) is 33.2. The molecule has 0 aliphatic rings. The lowest BCUT2D eigenvalue weighted by molar-refractivity contribution is -0.118. The van der Waals surface area contributed by atoms with Gasteiger partial charge in [-0.15, -0.1) is 11.3 Å². The van der Waals surface area contributed by atoms with E-state index in [-0.39, 0.29) is 18.1 Å². The Morgan fingerprint density at radius 3 is 2.57 bits per heavy atom. The van der Waals surface area contributed by atoms with Crippen LogP contribution in [-0.4, -0.2) is 32.3 Å². The summed E-state index contributed by atoms with van der Waals surface area (Å²) >= 11 is 1.49. The zero-order chi connectivity index (χ0) is 24.2. The number of hydrogen-bond acceptors (Lipinski definition) is 6. The minimum Gasteiger partial charge on any atom is -0.484 e. The number of benzene rings is 2. The smallest absolute Gasteiger partial charge is 0.263 e. The van der Waals surface area contributed by atoms with Gasteiger partial charge >= 0.3 is 0 Å². The Bertz CT molecular complexity index is 1510. The molecule has 2 N–H and O–H groups in total. The maximum Gasteiger partial charge on any atom is 0.263 e. The zero-order valence-electron chi connectivity index (χ0n) is 18.1. The van der Waals surface area contributed by atoms with Gasteiger partial charge in [0.05, 0.1) is 10.6 Å². The molecule has 5 aromatic rings. The topological polar surface area (TPSA) is 102 Å². The molecule has 3 heterocycles. The van der Waals surface area contributed by atoms with Crippen molar-refractivity contribution in [3.05, 3.63) is 100 Å². The Morgan fingerprint density at radius 1 is 1.03 bits per heavy atom. The SMILES string of the molecule is O=C(COc1ccc(F)cc1)Nc1cc(-c2cccs2)nn1-c1nc(-c2ccccc2)cc(=O)[nH]1. The Balaban J connectivity index is 1.46. The number of ether oxygens (including phenoxy) is 1. The molecular weight excluding hydrogens is 469 g/mol. The molecule has 0 unspecified atom stereocenters. The minimum absolute atomic E-state index is 0.147. The van der Waals surface area contributed by atoms with Crippen LogP contribution in [0.25, 0.3) is 27.8 Å². The number of rotatable bonds is 7. The first kappa shape index (κ1) is 22.2. The molecule has 3 aromatic heterocycles. The fourth-order valence-electron chi connectivity index (χ4n) is 3.34. The van der Waals surface area contributed by atoms with E-state index in [1.807, 2.05) is 47.8 Å². The van der Waals surface area contributed by atoms with E-state index >= 15 is 0 Å². The van der Waals surface area contributed by atoms with E-state index in [0.29, 0.717) is 23.0 Å². The van der Waals surface area contributed by atoms with Gasteiger partial charge in [-0.25, -0.2) is 9.37 Å². The van der Waals surface area contributed by atoms with Crippen molar-refractivity contribution >= 4 is 23.1 Å². The third-order valence-electron chi connectivity index (χ3n) is 4.93. The van der Waals surface area contributed by atoms with E-state index in [1.54, 1.807) is 6.07 Å². The highest BCUT2D eigenvalue weighted by Gasteiger charge is 2.17. The summed E-state index contributed by atoms with van der Waals surface area (Å²) in [5, 5.41) is 9.25. The van der Waals surface area contributed by atoms with Crippen molar-refractivity contribution in [2.45, 2.75) is 0 Å². The number of H-pyrrole nitrogens is 1. The molecule has 0 aliphatic carbocycles. The normalized spacial score (nSPS) is 10.8. The summed E-state index contributed by atoms with van der Waals surface area (Å²) in [7, 11) is 0. The van der Waals surface area contributed by atoms with Gasteiger partial charge in [0.25, 0.3) is 11.5 Å². The molecule has 8 nitrogen and oxygen atoms in total. The molecule has 0 fully saturated rings. The van der Waals surface area contributed by atoms with Crippen molar-refractivity contribution in [3.63, 3.8) is 0 Å². The lowest BCUT2D eigenvalue weighted by Gasteiger charge is -2.10. The van der Waals surface area contributed by atoms with Crippen LogP contribution in [0.15, 0.2) is 89.0 Å². The molecule has 1 amide bonds. The average molecular weight is 488 g/mol. The van der Waals surface area contributed by atoms with Gasteiger partial charge in [0.2, 0.25) is 5.95 Å². The molecule has 35 heavy (non-hydrogen) atoms. The first-order valence-electron chi connectivity index (χ1n) is 10.5. The van der Waals surface area contributed by atoms with Gasteiger partial charge in [0.15, 0.2) is 6.61 Å². The van der Waals surface area contributed by atoms with E-state index < -0.39 is 11.7 Å². The Hall–Kier alpha value is -4.57. The van der Waals surface area contributed by atoms with Crippen LogP contribution in [0, 0.1) is 5.82 Å². The maximum atomic E-state index is 13.1. The highest BCUT2D eigenvalue weighted by Crippen LogP contribution is 2.27. The van der Waals surface area contributed by atoms with Crippen molar-refractivity contribution in [3.8, 4) is 33.5 Å². The first-order valence-corrected chi connectivity index (χ1v) is 11.4. The molecular formula is C25H18FN5O3S. The summed E-state index contributed by atoms with van der Waals surface area (Å²) < 4.78 is 19.9. The molecule has 0 spiro atoms. The van der Waals surface area contributed by atoms with Crippen molar-refractivity contribution in [1.82, 2.24) is 19.7 Å². The summed E-state index contributed by atoms with van der Waals surface area (Å²) in [5.74, 6) is -0.0555. The van der Waals surface area contributed by atoms with Gasteiger partial charge in [-0.05, 0) is 35.7 Å². The van der Waals surface area contributed by atoms with E-state index in [4.69, 9.17) is 4.74 Å². The molecule has 2 aromatic carbocycles. The highest BCUT2D eigenvalue weighted by molar-refractivity contribution is 7.13. The average Bonchev–Trinajstić information content (AvgIpc) is 3.54. The van der Waals surface area contributed by atoms with Crippen molar-refractivity contribution in [1.29, 1.82) is 0 Å². The lowest BCUT2D eigenvalue weighted by atomic mass is 10.1. The van der Waals surface area contributed by atoms with Crippen LogP contribution >= 0.6 is 11.3 Å². The van der Waals surface area contributed by atoms with Gasteiger partial charge in [-0.3, -0.25) is 14.6 Å². The quantitative estimate of drug-likeness (QED) is 0.352. The second-order valence-electron chi connectivity index (χ2n) is 7.41. The zero-order valence-corrected chi connectivity index (χ0v) is 19.0. The molecule has 0 bridgehead atoms. The summed E-state index contributed by atoms with van der Waals surface area (Å²) in [6, 6.07) is 21.5. The monoisotopic (exact) mass is 487 g/mol. The van der Waals surface area contributed by atoms with Gasteiger partial charge in [0, 0.05) is 17.7 Å². The number of amides is 1. The molecule has 0 aliphatic heterocycles. The van der Waals surface area contributed by atoms with Crippen molar-refractivity contribution in [2.24, 2.45) is 0 Å². The minimum atomic E-state index is -0.463. The van der Waals surface area contributed by atoms with Crippen LogP contribution in [0.5, 0.6) is 5.75 Å². The highest BCUT2D eigenvalue weighted by atomic mass is 32.1. The molecule has 0 saturated carbocycles. The van der Waals surface area contributed by atoms with Crippen LogP contribution in [-0.2, 0) is 4.79 Å². The van der Waals surface area contributed by atoms with Gasteiger partial charge in [-0.2, -0.15) is 9.78 Å². The Kier molecular flexibility index (Phi) is 6.18. The number of nitrogens with zero attached hydrogens (tertiary/aromatic N) is 3. The Morgan fingerprint density at radius 2 is 1.83 bits per heavy atom. The van der Waals surface area contributed by atoms with Gasteiger partial charge in [0.1, 0.15) is 23.1 Å². The fourth-order valence-corrected chi connectivity index (χ4v) is 4.02. The van der Waals surface area contributed by atoms with E-state index in [9.17, 15) is 14.0 Å². The predicted molar refractivity (Wildman–Crippen MR) is 131 cm³/mol. The first-order chi connectivity index (χ1) is 17.0. The molecule has 0 radical (unpaired) electrons. The van der Waals surface area contributed by atoms with Crippen LogP contribution in [0.3, 0.4) is 0 Å². The number of aromatic amines is 1. The lowest BCUT2D eigenvalue weighted by Crippen LogP contribution is -2.23. The second-order valence-corrected chi connectivity index (χ2v) is 8.36. The maximum absolute atomic E-state index is 13.1. The summed E-state index contributed by atoms with van der Waals surface area (Å²) in [6.45, 7) is -0.306. The van der Waals surface area contributed by atoms with E-state index in [1.165, 1.54) is 46.4 Å². The number of hydrogen-bond donors (Lipinski definition) is 2. The summed E-state index contributed by atoms with van der Waals surface area (Å²) in [6.07, 6.45) is 0. The third-order valence-corrected chi connectivity index (χ3v) is 5.83. The largest absolute Gasteiger partial charge is 0.484 e. The van der Waals surface area contributed by atoms with Crippen LogP contribution < -0.4 is 15.6 Å². The molecule has 0 saturated heterocycles. The number of nitrogens with one attached hydrogen (secondary N) is 2. The number of anilines is 1. The number of thiophene rings is 1. The number of carbonyl (C=O) groups is 1. The van der Waals surface area contributed by atoms with Gasteiger partial charge in [-0.1, -0.05) is 36.4 Å². The molecule has 10 heteroatoms. The Labute approximate surface area is 202 Å². The second kappa shape index (κ2) is 9.74. The van der Waals surface area contributed by atoms with Crippen molar-refractivity contribution in [2.75, 3.05) is 11.9 Å². The van der Waals surface area contributed by atoms with Crippen LogP contribution in [0.2, 0.25) is 0 Å².